The maximum absolute atomic E-state index is 12.7. The van der Waals surface area contributed by atoms with E-state index in [9.17, 15) is 14.4 Å². The molecule has 0 saturated carbocycles. The average molecular weight is 643 g/mol. The third-order valence-corrected chi connectivity index (χ3v) is 6.81. The van der Waals surface area contributed by atoms with Gasteiger partial charge in [-0.2, -0.15) is 0 Å². The average Bonchev–Trinajstić information content (AvgIpc) is 3.09. The highest BCUT2D eigenvalue weighted by Gasteiger charge is 2.15. The van der Waals surface area contributed by atoms with Crippen LogP contribution in [0.4, 0.5) is 0 Å². The normalized spacial score (nSPS) is 10.0. The van der Waals surface area contributed by atoms with Crippen LogP contribution in [0.3, 0.4) is 0 Å². The summed E-state index contributed by atoms with van der Waals surface area (Å²) in [4.78, 5) is 36.1. The molecule has 0 bridgehead atoms. The largest absolute Gasteiger partial charge is 0.493 e. The molecule has 250 valence electrons. The highest BCUT2D eigenvalue weighted by Crippen LogP contribution is 2.29. The van der Waals surface area contributed by atoms with Gasteiger partial charge in [-0.15, -0.1) is 0 Å². The minimum atomic E-state index is -0.558. The van der Waals surface area contributed by atoms with Crippen LogP contribution in [0.25, 0.3) is 0 Å². The Morgan fingerprint density at radius 3 is 1.64 bits per heavy atom. The monoisotopic (exact) mass is 642 g/mol. The quantitative estimate of drug-likeness (QED) is 0.0420. The zero-order valence-electron chi connectivity index (χ0n) is 27.5. The summed E-state index contributed by atoms with van der Waals surface area (Å²) < 4.78 is 27.2. The van der Waals surface area contributed by atoms with Gasteiger partial charge in [0.05, 0.1) is 31.5 Å². The maximum atomic E-state index is 12.7. The van der Waals surface area contributed by atoms with Crippen molar-refractivity contribution in [3.63, 3.8) is 0 Å². The lowest BCUT2D eigenvalue weighted by Crippen LogP contribution is -2.10. The number of rotatable bonds is 19. The van der Waals surface area contributed by atoms with Gasteiger partial charge >= 0.3 is 17.9 Å². The Labute approximate surface area is 278 Å². The molecule has 0 unspecified atom stereocenters. The van der Waals surface area contributed by atoms with Gasteiger partial charge in [0.25, 0.3) is 0 Å². The molecule has 0 aliphatic rings. The van der Waals surface area contributed by atoms with Crippen molar-refractivity contribution < 1.29 is 38.1 Å². The fourth-order valence-electron chi connectivity index (χ4n) is 4.19. The number of unbranched alkanes of at least 4 members (excludes halogenated alkanes) is 7. The first-order valence-electron chi connectivity index (χ1n) is 15.8. The SMILES string of the molecule is C=CC(=O)OCCCCCCCCCCOc1ccc(C(=O)Oc2ccc(C(=O)Oc3ccc(C)cc3)cc2)cc1OC.C=CC=C. The number of carbonyl (C=O) groups is 3. The van der Waals surface area contributed by atoms with E-state index in [0.717, 1.165) is 56.9 Å². The number of hydrogen-bond donors (Lipinski definition) is 0. The zero-order valence-corrected chi connectivity index (χ0v) is 27.5. The van der Waals surface area contributed by atoms with Crippen LogP contribution in [0.5, 0.6) is 23.0 Å². The fourth-order valence-corrected chi connectivity index (χ4v) is 4.19. The number of esters is 3. The second-order valence-electron chi connectivity index (χ2n) is 10.5. The molecule has 3 aromatic carbocycles. The molecule has 0 saturated heterocycles. The summed E-state index contributed by atoms with van der Waals surface area (Å²) in [6, 6.07) is 18.3. The molecule has 0 aliphatic heterocycles. The first kappa shape index (κ1) is 38.1. The zero-order chi connectivity index (χ0) is 34.3. The number of allylic oxidation sites excluding steroid dienone is 2. The number of methoxy groups -OCH3 is 1. The topological polar surface area (TPSA) is 97.4 Å². The molecule has 0 aliphatic carbocycles. The first-order chi connectivity index (χ1) is 22.8. The Morgan fingerprint density at radius 1 is 0.617 bits per heavy atom. The van der Waals surface area contributed by atoms with Crippen LogP contribution in [0.15, 0.2) is 105 Å². The number of hydrogen-bond acceptors (Lipinski definition) is 8. The summed E-state index contributed by atoms with van der Waals surface area (Å²) in [6.07, 6.45) is 12.9. The fraction of sp³-hybridized carbons (Fsp3) is 0.308. The highest BCUT2D eigenvalue weighted by molar-refractivity contribution is 5.93. The molecule has 8 nitrogen and oxygen atoms in total. The molecule has 0 heterocycles. The molecular weight excluding hydrogens is 596 g/mol. The summed E-state index contributed by atoms with van der Waals surface area (Å²) in [5.41, 5.74) is 1.72. The van der Waals surface area contributed by atoms with Gasteiger partial charge < -0.3 is 23.7 Å². The Hall–Kier alpha value is -5.11. The molecule has 0 aromatic heterocycles. The predicted octanol–water partition coefficient (Wildman–Crippen LogP) is 9.03. The van der Waals surface area contributed by atoms with E-state index in [2.05, 4.69) is 19.7 Å². The third kappa shape index (κ3) is 15.2. The lowest BCUT2D eigenvalue weighted by molar-refractivity contribution is -0.137. The smallest absolute Gasteiger partial charge is 0.343 e. The molecule has 8 heteroatoms. The van der Waals surface area contributed by atoms with Crippen molar-refractivity contribution in [1.29, 1.82) is 0 Å². The van der Waals surface area contributed by atoms with Gasteiger partial charge in [0.2, 0.25) is 0 Å². The van der Waals surface area contributed by atoms with E-state index in [1.54, 1.807) is 66.7 Å². The van der Waals surface area contributed by atoms with Crippen molar-refractivity contribution in [3.05, 3.63) is 121 Å². The van der Waals surface area contributed by atoms with E-state index in [4.69, 9.17) is 23.7 Å². The van der Waals surface area contributed by atoms with E-state index in [-0.39, 0.29) is 5.97 Å². The van der Waals surface area contributed by atoms with Gasteiger partial charge in [0, 0.05) is 6.08 Å². The van der Waals surface area contributed by atoms with Crippen LogP contribution in [0.1, 0.15) is 77.6 Å². The maximum Gasteiger partial charge on any atom is 0.343 e. The standard InChI is InChI=1S/C35H40O8.C4H6/c1-4-33(36)41-24-12-10-8-6-5-7-9-11-23-40-31-22-17-28(25-32(31)39-3)35(38)43-30-20-15-27(16-21-30)34(37)42-29-18-13-26(2)14-19-29;1-3-4-2/h4,13-22,25H,1,5-12,23-24H2,2-3H3;3-4H,1-2H2. The van der Waals surface area contributed by atoms with Crippen LogP contribution in [0, 0.1) is 6.92 Å². The number of benzene rings is 3. The Bertz CT molecular complexity index is 1420. The van der Waals surface area contributed by atoms with Crippen LogP contribution in [-0.2, 0) is 9.53 Å². The van der Waals surface area contributed by atoms with Gasteiger partial charge in [-0.1, -0.05) is 88.1 Å². The second-order valence-corrected chi connectivity index (χ2v) is 10.5. The van der Waals surface area contributed by atoms with Crippen LogP contribution in [-0.4, -0.2) is 38.2 Å². The Kier molecular flexibility index (Phi) is 18.1. The minimum Gasteiger partial charge on any atom is -0.493 e. The van der Waals surface area contributed by atoms with Crippen molar-refractivity contribution in [3.8, 4) is 23.0 Å². The lowest BCUT2D eigenvalue weighted by atomic mass is 10.1. The van der Waals surface area contributed by atoms with Crippen LogP contribution in [0.2, 0.25) is 0 Å². The molecule has 0 atom stereocenters. The van der Waals surface area contributed by atoms with Crippen molar-refractivity contribution in [2.24, 2.45) is 0 Å². The second kappa shape index (κ2) is 22.4. The van der Waals surface area contributed by atoms with Crippen molar-refractivity contribution in [2.45, 2.75) is 58.3 Å². The summed E-state index contributed by atoms with van der Waals surface area (Å²) >= 11 is 0. The molecule has 0 radical (unpaired) electrons. The van der Waals surface area contributed by atoms with Crippen LogP contribution < -0.4 is 18.9 Å². The van der Waals surface area contributed by atoms with Gasteiger partial charge in [-0.3, -0.25) is 0 Å². The lowest BCUT2D eigenvalue weighted by Gasteiger charge is -2.12. The summed E-state index contributed by atoms with van der Waals surface area (Å²) in [7, 11) is 1.52. The Morgan fingerprint density at radius 2 is 1.11 bits per heavy atom. The number of ether oxygens (including phenoxy) is 5. The molecule has 0 amide bonds. The van der Waals surface area contributed by atoms with Gasteiger partial charge in [-0.05, 0) is 74.4 Å². The van der Waals surface area contributed by atoms with Crippen molar-refractivity contribution >= 4 is 17.9 Å². The molecule has 0 fully saturated rings. The van der Waals surface area contributed by atoms with E-state index in [1.807, 2.05) is 19.1 Å². The molecule has 47 heavy (non-hydrogen) atoms. The predicted molar refractivity (Wildman–Crippen MR) is 185 cm³/mol. The summed E-state index contributed by atoms with van der Waals surface area (Å²) in [5, 5.41) is 0. The molecular formula is C39H46O8. The molecule has 3 rings (SSSR count). The van der Waals surface area contributed by atoms with Gasteiger partial charge in [-0.25, -0.2) is 14.4 Å². The molecule has 0 N–H and O–H groups in total. The third-order valence-electron chi connectivity index (χ3n) is 6.81. The molecule has 3 aromatic rings. The summed E-state index contributed by atoms with van der Waals surface area (Å²) in [5.74, 6) is 0.340. The van der Waals surface area contributed by atoms with Crippen LogP contribution >= 0.6 is 0 Å². The van der Waals surface area contributed by atoms with Crippen molar-refractivity contribution in [1.82, 2.24) is 0 Å². The van der Waals surface area contributed by atoms with E-state index in [0.29, 0.717) is 47.3 Å². The molecule has 0 spiro atoms. The minimum absolute atomic E-state index is 0.296. The van der Waals surface area contributed by atoms with Gasteiger partial charge in [0.1, 0.15) is 11.5 Å². The number of aryl methyl sites for hydroxylation is 1. The van der Waals surface area contributed by atoms with E-state index < -0.39 is 11.9 Å². The van der Waals surface area contributed by atoms with E-state index in [1.165, 1.54) is 13.2 Å². The number of carbonyl (C=O) groups excluding carboxylic acids is 3. The van der Waals surface area contributed by atoms with Crippen molar-refractivity contribution in [2.75, 3.05) is 20.3 Å². The Balaban J connectivity index is 0.00000181. The first-order valence-corrected chi connectivity index (χ1v) is 15.8. The highest BCUT2D eigenvalue weighted by atomic mass is 16.5. The van der Waals surface area contributed by atoms with Gasteiger partial charge in [0.15, 0.2) is 11.5 Å². The van der Waals surface area contributed by atoms with E-state index >= 15 is 0 Å². The summed E-state index contributed by atoms with van der Waals surface area (Å²) in [6.45, 7) is 13.1.